The maximum absolute atomic E-state index is 14.1. The van der Waals surface area contributed by atoms with Crippen LogP contribution in [-0.4, -0.2) is 28.9 Å². The maximum Gasteiger partial charge on any atom is 0.343 e. The number of hydrogen-bond donors (Lipinski definition) is 1. The van der Waals surface area contributed by atoms with Crippen LogP contribution in [-0.2, 0) is 4.74 Å². The minimum atomic E-state index is -0.719. The van der Waals surface area contributed by atoms with Crippen molar-refractivity contribution in [3.8, 4) is 0 Å². The first-order valence-corrected chi connectivity index (χ1v) is 9.19. The first kappa shape index (κ1) is 19.8. The van der Waals surface area contributed by atoms with E-state index in [0.29, 0.717) is 15.5 Å². The van der Waals surface area contributed by atoms with Gasteiger partial charge in [-0.15, -0.1) is 0 Å². The number of aromatic nitrogens is 1. The van der Waals surface area contributed by atoms with Crippen LogP contribution in [0.2, 0.25) is 0 Å². The molecule has 1 N–H and O–H groups in total. The second-order valence-electron chi connectivity index (χ2n) is 6.25. The fraction of sp³-hybridized carbons (Fsp3) is 0.444. The highest BCUT2D eigenvalue weighted by atomic mass is 127. The van der Waals surface area contributed by atoms with E-state index in [1.807, 2.05) is 13.8 Å². The smallest absolute Gasteiger partial charge is 0.343 e. The Hall–Kier alpha value is -1.48. The van der Waals surface area contributed by atoms with Crippen molar-refractivity contribution in [1.29, 1.82) is 0 Å². The van der Waals surface area contributed by atoms with Gasteiger partial charge in [-0.05, 0) is 54.0 Å². The van der Waals surface area contributed by atoms with Crippen molar-refractivity contribution in [3.63, 3.8) is 0 Å². The van der Waals surface area contributed by atoms with Crippen molar-refractivity contribution in [3.05, 3.63) is 43.5 Å². The summed E-state index contributed by atoms with van der Waals surface area (Å²) in [4.78, 5) is 24.9. The Kier molecular flexibility index (Phi) is 6.56. The predicted molar refractivity (Wildman–Crippen MR) is 102 cm³/mol. The molecule has 0 bridgehead atoms. The summed E-state index contributed by atoms with van der Waals surface area (Å²) in [5, 5.41) is 10.0. The summed E-state index contributed by atoms with van der Waals surface area (Å²) >= 11 is 1.80. The molecule has 0 spiro atoms. The Morgan fingerprint density at radius 2 is 2.08 bits per heavy atom. The molecule has 1 heterocycles. The summed E-state index contributed by atoms with van der Waals surface area (Å²) in [5.41, 5.74) is -0.251. The maximum atomic E-state index is 14.1. The molecule has 0 saturated carbocycles. The molecule has 2 aromatic rings. The van der Waals surface area contributed by atoms with Crippen LogP contribution in [0.1, 0.15) is 43.6 Å². The van der Waals surface area contributed by atoms with Gasteiger partial charge >= 0.3 is 5.97 Å². The van der Waals surface area contributed by atoms with E-state index in [4.69, 9.17) is 4.74 Å². The van der Waals surface area contributed by atoms with Gasteiger partial charge in [0, 0.05) is 15.2 Å². The highest BCUT2D eigenvalue weighted by Gasteiger charge is 2.22. The molecule has 1 aromatic heterocycles. The van der Waals surface area contributed by atoms with Gasteiger partial charge in [0.25, 0.3) is 0 Å². The van der Waals surface area contributed by atoms with Crippen molar-refractivity contribution < 1.29 is 19.0 Å². The second kappa shape index (κ2) is 8.27. The number of fused-ring (bicyclic) bond motifs is 1. The molecule has 0 amide bonds. The molecule has 25 heavy (non-hydrogen) atoms. The number of carbonyl (C=O) groups is 1. The van der Waals surface area contributed by atoms with Gasteiger partial charge in [-0.25, -0.2) is 9.18 Å². The minimum absolute atomic E-state index is 0.112. The zero-order chi connectivity index (χ0) is 18.7. The summed E-state index contributed by atoms with van der Waals surface area (Å²) in [7, 11) is 0. The van der Waals surface area contributed by atoms with Gasteiger partial charge in [0.1, 0.15) is 11.4 Å². The first-order chi connectivity index (χ1) is 11.8. The lowest BCUT2D eigenvalue weighted by Gasteiger charge is -2.23. The minimum Gasteiger partial charge on any atom is -0.462 e. The van der Waals surface area contributed by atoms with Gasteiger partial charge < -0.3 is 14.4 Å². The Bertz CT molecular complexity index is 847. The number of rotatable bonds is 6. The molecule has 2 rings (SSSR count). The summed E-state index contributed by atoms with van der Waals surface area (Å²) < 4.78 is 21.0. The van der Waals surface area contributed by atoms with Crippen LogP contribution in [0.15, 0.2) is 23.1 Å². The lowest BCUT2D eigenvalue weighted by Crippen LogP contribution is -2.25. The van der Waals surface area contributed by atoms with Crippen molar-refractivity contribution in [2.24, 2.45) is 5.92 Å². The SMILES string of the molecule is CCOC(=O)c1cn(C(CO)CC(C)C)c2cc(F)c(I)cc2c1=O. The van der Waals surface area contributed by atoms with E-state index in [2.05, 4.69) is 0 Å². The summed E-state index contributed by atoms with van der Waals surface area (Å²) in [5.74, 6) is -0.901. The first-order valence-electron chi connectivity index (χ1n) is 8.12. The zero-order valence-corrected chi connectivity index (χ0v) is 16.5. The van der Waals surface area contributed by atoms with Crippen LogP contribution in [0.25, 0.3) is 10.9 Å². The number of nitrogens with zero attached hydrogens (tertiary/aromatic N) is 1. The number of benzene rings is 1. The predicted octanol–water partition coefficient (Wildman–Crippen LogP) is 3.50. The topological polar surface area (TPSA) is 68.5 Å². The van der Waals surface area contributed by atoms with Gasteiger partial charge in [0.15, 0.2) is 0 Å². The molecule has 0 aliphatic heterocycles. The van der Waals surface area contributed by atoms with Crippen LogP contribution < -0.4 is 5.43 Å². The number of halogens is 2. The molecule has 0 fully saturated rings. The van der Waals surface area contributed by atoms with E-state index in [1.54, 1.807) is 34.1 Å². The third-order valence-corrected chi connectivity index (χ3v) is 4.74. The highest BCUT2D eigenvalue weighted by molar-refractivity contribution is 14.1. The molecule has 136 valence electrons. The Labute approximate surface area is 158 Å². The van der Waals surface area contributed by atoms with Gasteiger partial charge in [-0.1, -0.05) is 13.8 Å². The van der Waals surface area contributed by atoms with E-state index in [9.17, 15) is 19.1 Å². The van der Waals surface area contributed by atoms with E-state index in [0.717, 1.165) is 0 Å². The zero-order valence-electron chi connectivity index (χ0n) is 14.4. The molecule has 7 heteroatoms. The van der Waals surface area contributed by atoms with Crippen molar-refractivity contribution in [1.82, 2.24) is 4.57 Å². The van der Waals surface area contributed by atoms with Gasteiger partial charge in [-0.3, -0.25) is 4.79 Å². The van der Waals surface area contributed by atoms with E-state index in [-0.39, 0.29) is 36.1 Å². The molecule has 0 saturated heterocycles. The van der Waals surface area contributed by atoms with Gasteiger partial charge in [0.05, 0.1) is 24.8 Å². The van der Waals surface area contributed by atoms with Crippen molar-refractivity contribution in [2.45, 2.75) is 33.2 Å². The molecule has 1 unspecified atom stereocenters. The third-order valence-electron chi connectivity index (χ3n) is 3.92. The lowest BCUT2D eigenvalue weighted by atomic mass is 10.0. The number of carbonyl (C=O) groups excluding carboxylic acids is 1. The molecule has 1 atom stereocenters. The van der Waals surface area contributed by atoms with E-state index >= 15 is 0 Å². The fourth-order valence-corrected chi connectivity index (χ4v) is 3.29. The molecule has 0 radical (unpaired) electrons. The second-order valence-corrected chi connectivity index (χ2v) is 7.41. The molecule has 1 aromatic carbocycles. The number of pyridine rings is 1. The van der Waals surface area contributed by atoms with Crippen LogP contribution >= 0.6 is 22.6 Å². The number of aliphatic hydroxyl groups is 1. The van der Waals surface area contributed by atoms with Gasteiger partial charge in [0.2, 0.25) is 5.43 Å². The van der Waals surface area contributed by atoms with Crippen LogP contribution in [0, 0.1) is 15.3 Å². The molecule has 0 aliphatic rings. The third kappa shape index (κ3) is 4.20. The highest BCUT2D eigenvalue weighted by Crippen LogP contribution is 2.25. The van der Waals surface area contributed by atoms with Gasteiger partial charge in [-0.2, -0.15) is 0 Å². The largest absolute Gasteiger partial charge is 0.462 e. The standard InChI is InChI=1S/C18H21FINO4/c1-4-25-18(24)13-8-21(11(9-22)5-10(2)3)16-7-14(19)15(20)6-12(16)17(13)23/h6-8,10-11,22H,4-5,9H2,1-3H3. The molecular formula is C18H21FINO4. The Morgan fingerprint density at radius 3 is 2.64 bits per heavy atom. The Balaban J connectivity index is 2.81. The Morgan fingerprint density at radius 1 is 1.40 bits per heavy atom. The monoisotopic (exact) mass is 461 g/mol. The summed E-state index contributed by atoms with van der Waals surface area (Å²) in [6, 6.07) is 2.32. The average molecular weight is 461 g/mol. The van der Waals surface area contributed by atoms with E-state index in [1.165, 1.54) is 18.3 Å². The summed E-state index contributed by atoms with van der Waals surface area (Å²) in [6.07, 6.45) is 1.99. The molecular weight excluding hydrogens is 440 g/mol. The van der Waals surface area contributed by atoms with Crippen LogP contribution in [0.4, 0.5) is 4.39 Å². The van der Waals surface area contributed by atoms with E-state index < -0.39 is 17.2 Å². The normalized spacial score (nSPS) is 12.6. The summed E-state index contributed by atoms with van der Waals surface area (Å²) in [6.45, 7) is 5.62. The average Bonchev–Trinajstić information content (AvgIpc) is 2.55. The quantitative estimate of drug-likeness (QED) is 0.529. The fourth-order valence-electron chi connectivity index (χ4n) is 2.82. The molecule has 5 nitrogen and oxygen atoms in total. The number of aliphatic hydroxyl groups excluding tert-OH is 1. The lowest BCUT2D eigenvalue weighted by molar-refractivity contribution is 0.0523. The molecule has 0 aliphatic carbocycles. The number of hydrogen-bond acceptors (Lipinski definition) is 4. The number of ether oxygens (including phenoxy) is 1. The van der Waals surface area contributed by atoms with Crippen molar-refractivity contribution >= 4 is 39.5 Å². The van der Waals surface area contributed by atoms with Crippen LogP contribution in [0.3, 0.4) is 0 Å². The number of esters is 1. The van der Waals surface area contributed by atoms with Crippen LogP contribution in [0.5, 0.6) is 0 Å². The van der Waals surface area contributed by atoms with Crippen molar-refractivity contribution in [2.75, 3.05) is 13.2 Å².